The molecule has 8 nitrogen and oxygen atoms in total. The fraction of sp³-hybridized carbons (Fsp3) is 0.321. The Morgan fingerprint density at radius 1 is 1.03 bits per heavy atom. The molecule has 1 aliphatic rings. The minimum Gasteiger partial charge on any atom is -0.445 e. The van der Waals surface area contributed by atoms with E-state index in [-0.39, 0.29) is 30.4 Å². The lowest BCUT2D eigenvalue weighted by atomic mass is 9.93. The van der Waals surface area contributed by atoms with E-state index in [1.807, 2.05) is 43.3 Å². The summed E-state index contributed by atoms with van der Waals surface area (Å²) in [5.74, 6) is -0.903. The molecule has 4 N–H and O–H groups in total. The zero-order valence-electron chi connectivity index (χ0n) is 20.9. The summed E-state index contributed by atoms with van der Waals surface area (Å²) in [6.45, 7) is 3.83. The van der Waals surface area contributed by atoms with Gasteiger partial charge in [-0.15, -0.1) is 0 Å². The maximum absolute atomic E-state index is 13.3. The summed E-state index contributed by atoms with van der Waals surface area (Å²) in [5, 5.41) is 0. The normalized spacial score (nSPS) is 13.8. The van der Waals surface area contributed by atoms with Crippen LogP contribution in [0.15, 0.2) is 65.7 Å². The van der Waals surface area contributed by atoms with Crippen LogP contribution in [0.3, 0.4) is 0 Å². The topological polar surface area (TPSA) is 116 Å². The summed E-state index contributed by atoms with van der Waals surface area (Å²) >= 11 is 0. The third-order valence-corrected chi connectivity index (χ3v) is 6.77. The van der Waals surface area contributed by atoms with Crippen molar-refractivity contribution in [2.24, 2.45) is 16.5 Å². The molecule has 0 aliphatic carbocycles. The minimum absolute atomic E-state index is 0.144. The molecule has 3 aromatic rings. The number of hydrogen-bond donors (Lipinski definition) is 2. The van der Waals surface area contributed by atoms with Crippen molar-refractivity contribution in [3.8, 4) is 0 Å². The molecule has 1 fully saturated rings. The van der Waals surface area contributed by atoms with Gasteiger partial charge in [0, 0.05) is 36.9 Å². The number of carbonyl (C=O) groups is 2. The molecule has 1 aliphatic heterocycles. The molecule has 0 bridgehead atoms. The van der Waals surface area contributed by atoms with Crippen molar-refractivity contribution in [3.63, 3.8) is 0 Å². The molecule has 0 atom stereocenters. The molecule has 2 amide bonds. The fourth-order valence-corrected chi connectivity index (χ4v) is 4.76. The zero-order chi connectivity index (χ0) is 26.4. The summed E-state index contributed by atoms with van der Waals surface area (Å²) in [6, 6.07) is 17.9. The van der Waals surface area contributed by atoms with E-state index in [0.717, 1.165) is 35.4 Å². The van der Waals surface area contributed by atoms with E-state index in [0.29, 0.717) is 31.6 Å². The average Bonchev–Trinajstić information content (AvgIpc) is 3.23. The quantitative estimate of drug-likeness (QED) is 0.370. The largest absolute Gasteiger partial charge is 0.445 e. The summed E-state index contributed by atoms with van der Waals surface area (Å²) in [5.41, 5.74) is 15.0. The van der Waals surface area contributed by atoms with Crippen LogP contribution in [-0.4, -0.2) is 40.5 Å². The van der Waals surface area contributed by atoms with Gasteiger partial charge in [-0.1, -0.05) is 42.5 Å². The SMILES string of the molecule is Cc1c(C(=O)N=C(N)N)cc(C2CCN(C(=O)OCc3ccccc3)CC2)n1CCc1ccc(F)cc1. The standard InChI is InChI=1S/C28H32FN5O3/c1-19-24(26(35)32-27(30)31)17-25(34(19)16-11-20-7-9-23(29)10-8-20)22-12-14-33(15-13-22)28(36)37-18-21-5-3-2-4-6-21/h2-10,17,22H,11-16,18H2,1H3,(H4,30,31,32,35). The number of aryl methyl sites for hydroxylation is 1. The second-order valence-corrected chi connectivity index (χ2v) is 9.24. The van der Waals surface area contributed by atoms with Crippen LogP contribution < -0.4 is 11.5 Å². The second kappa shape index (κ2) is 11.7. The number of aromatic nitrogens is 1. The van der Waals surface area contributed by atoms with Gasteiger partial charge < -0.3 is 25.7 Å². The molecule has 1 saturated heterocycles. The van der Waals surface area contributed by atoms with Gasteiger partial charge in [-0.05, 0) is 55.5 Å². The number of halogens is 1. The predicted molar refractivity (Wildman–Crippen MR) is 140 cm³/mol. The van der Waals surface area contributed by atoms with Crippen LogP contribution in [0.5, 0.6) is 0 Å². The van der Waals surface area contributed by atoms with Crippen molar-refractivity contribution in [2.45, 2.75) is 45.3 Å². The third kappa shape index (κ3) is 6.55. The van der Waals surface area contributed by atoms with Gasteiger partial charge in [-0.2, -0.15) is 4.99 Å². The van der Waals surface area contributed by atoms with Crippen LogP contribution in [0, 0.1) is 12.7 Å². The monoisotopic (exact) mass is 505 g/mol. The summed E-state index contributed by atoms with van der Waals surface area (Å²) in [6.07, 6.45) is 1.81. The molecule has 37 heavy (non-hydrogen) atoms. The van der Waals surface area contributed by atoms with E-state index in [4.69, 9.17) is 16.2 Å². The molecule has 1 aromatic heterocycles. The maximum Gasteiger partial charge on any atom is 0.410 e. The first-order valence-electron chi connectivity index (χ1n) is 12.4. The average molecular weight is 506 g/mol. The highest BCUT2D eigenvalue weighted by atomic mass is 19.1. The van der Waals surface area contributed by atoms with Gasteiger partial charge in [0.25, 0.3) is 5.91 Å². The van der Waals surface area contributed by atoms with Gasteiger partial charge in [-0.3, -0.25) is 4.79 Å². The number of nitrogens with zero attached hydrogens (tertiary/aromatic N) is 3. The van der Waals surface area contributed by atoms with Crippen LogP contribution in [0.4, 0.5) is 9.18 Å². The van der Waals surface area contributed by atoms with Gasteiger partial charge in [-0.25, -0.2) is 9.18 Å². The number of benzene rings is 2. The van der Waals surface area contributed by atoms with E-state index < -0.39 is 5.91 Å². The molecule has 0 saturated carbocycles. The molecule has 0 unspecified atom stereocenters. The first-order chi connectivity index (χ1) is 17.8. The molecule has 0 spiro atoms. The van der Waals surface area contributed by atoms with E-state index in [1.54, 1.807) is 17.0 Å². The molecule has 194 valence electrons. The highest BCUT2D eigenvalue weighted by molar-refractivity contribution is 6.02. The van der Waals surface area contributed by atoms with Crippen molar-refractivity contribution in [1.82, 2.24) is 9.47 Å². The summed E-state index contributed by atoms with van der Waals surface area (Å²) in [7, 11) is 0. The highest BCUT2D eigenvalue weighted by Crippen LogP contribution is 2.32. The number of rotatable bonds is 7. The smallest absolute Gasteiger partial charge is 0.410 e. The Kier molecular flexibility index (Phi) is 8.22. The van der Waals surface area contributed by atoms with Crippen molar-refractivity contribution in [2.75, 3.05) is 13.1 Å². The van der Waals surface area contributed by atoms with Gasteiger partial charge in [0.1, 0.15) is 12.4 Å². The molecule has 0 radical (unpaired) electrons. The highest BCUT2D eigenvalue weighted by Gasteiger charge is 2.29. The molecular weight excluding hydrogens is 473 g/mol. The van der Waals surface area contributed by atoms with Crippen molar-refractivity contribution < 1.29 is 18.7 Å². The number of guanidine groups is 1. The molecule has 4 rings (SSSR count). The number of carbonyl (C=O) groups excluding carboxylic acids is 2. The molecule has 9 heteroatoms. The van der Waals surface area contributed by atoms with E-state index in [2.05, 4.69) is 9.56 Å². The Hall–Kier alpha value is -4.14. The van der Waals surface area contributed by atoms with Crippen molar-refractivity contribution in [3.05, 3.63) is 94.6 Å². The first-order valence-corrected chi connectivity index (χ1v) is 12.4. The molecule has 2 heterocycles. The summed E-state index contributed by atoms with van der Waals surface area (Å²) in [4.78, 5) is 30.7. The van der Waals surface area contributed by atoms with Gasteiger partial charge in [0.15, 0.2) is 5.96 Å². The van der Waals surface area contributed by atoms with E-state index in [1.165, 1.54) is 12.1 Å². The number of ether oxygens (including phenoxy) is 1. The number of amides is 2. The van der Waals surface area contributed by atoms with E-state index >= 15 is 0 Å². The Balaban J connectivity index is 1.47. The molecule has 2 aromatic carbocycles. The Morgan fingerprint density at radius 2 is 1.70 bits per heavy atom. The molecular formula is C28H32FN5O3. The van der Waals surface area contributed by atoms with Crippen LogP contribution >= 0.6 is 0 Å². The van der Waals surface area contributed by atoms with Crippen LogP contribution in [0.25, 0.3) is 0 Å². The minimum atomic E-state index is -0.485. The lowest BCUT2D eigenvalue weighted by Gasteiger charge is -2.32. The summed E-state index contributed by atoms with van der Waals surface area (Å²) < 4.78 is 20.9. The van der Waals surface area contributed by atoms with Crippen molar-refractivity contribution >= 4 is 18.0 Å². The third-order valence-electron chi connectivity index (χ3n) is 6.77. The number of hydrogen-bond acceptors (Lipinski definition) is 3. The van der Waals surface area contributed by atoms with Crippen LogP contribution in [-0.2, 0) is 24.3 Å². The lowest BCUT2D eigenvalue weighted by molar-refractivity contribution is 0.0866. The Bertz CT molecular complexity index is 1260. The fourth-order valence-electron chi connectivity index (χ4n) is 4.76. The van der Waals surface area contributed by atoms with E-state index in [9.17, 15) is 14.0 Å². The van der Waals surface area contributed by atoms with Gasteiger partial charge >= 0.3 is 6.09 Å². The maximum atomic E-state index is 13.3. The van der Waals surface area contributed by atoms with Crippen LogP contribution in [0.2, 0.25) is 0 Å². The van der Waals surface area contributed by atoms with Gasteiger partial charge in [0.2, 0.25) is 0 Å². The number of nitrogens with two attached hydrogens (primary N) is 2. The van der Waals surface area contributed by atoms with Crippen LogP contribution in [0.1, 0.15) is 51.6 Å². The predicted octanol–water partition coefficient (Wildman–Crippen LogP) is 4.11. The number of likely N-dealkylation sites (tertiary alicyclic amines) is 1. The Labute approximate surface area is 215 Å². The van der Waals surface area contributed by atoms with Crippen molar-refractivity contribution in [1.29, 1.82) is 0 Å². The zero-order valence-corrected chi connectivity index (χ0v) is 20.9. The number of aliphatic imine (C=N–C) groups is 1. The second-order valence-electron chi connectivity index (χ2n) is 9.24. The van der Waals surface area contributed by atoms with Gasteiger partial charge in [0.05, 0.1) is 5.56 Å². The lowest BCUT2D eigenvalue weighted by Crippen LogP contribution is -2.38. The Morgan fingerprint density at radius 3 is 2.35 bits per heavy atom. The number of piperidine rings is 1. The first kappa shape index (κ1) is 25.9.